The molecule has 0 saturated carbocycles. The van der Waals surface area contributed by atoms with E-state index in [0.29, 0.717) is 17.0 Å². The third kappa shape index (κ3) is 4.35. The molecule has 0 aliphatic rings. The average molecular weight is 371 g/mol. The lowest BCUT2D eigenvalue weighted by Crippen LogP contribution is -2.27. The Morgan fingerprint density at radius 2 is 1.89 bits per heavy atom. The highest BCUT2D eigenvalue weighted by atomic mass is 19.1. The van der Waals surface area contributed by atoms with Gasteiger partial charge in [-0.05, 0) is 36.4 Å². The Hall–Kier alpha value is -3.55. The number of rotatable bonds is 5. The molecule has 3 aromatic rings. The van der Waals surface area contributed by atoms with Crippen LogP contribution in [0, 0.1) is 11.6 Å². The molecule has 0 bridgehead atoms. The molecule has 0 aliphatic carbocycles. The van der Waals surface area contributed by atoms with Crippen LogP contribution < -0.4 is 15.6 Å². The highest BCUT2D eigenvalue weighted by Gasteiger charge is 2.11. The number of halogens is 2. The zero-order valence-corrected chi connectivity index (χ0v) is 14.3. The van der Waals surface area contributed by atoms with Gasteiger partial charge in [0.15, 0.2) is 0 Å². The molecule has 0 spiro atoms. The SMILES string of the molecule is COc1ccc(-c2cc(=O)n(CC(=O)Nc3cc(F)ccc3F)cn2)cc1. The summed E-state index contributed by atoms with van der Waals surface area (Å²) in [6.07, 6.45) is 1.23. The molecule has 1 aromatic heterocycles. The van der Waals surface area contributed by atoms with Crippen LogP contribution in [-0.2, 0) is 11.3 Å². The fourth-order valence-corrected chi connectivity index (χ4v) is 2.40. The topological polar surface area (TPSA) is 73.2 Å². The van der Waals surface area contributed by atoms with Gasteiger partial charge in [-0.25, -0.2) is 13.8 Å². The number of carbonyl (C=O) groups excluding carboxylic acids is 1. The number of amides is 1. The van der Waals surface area contributed by atoms with E-state index >= 15 is 0 Å². The molecule has 0 fully saturated rings. The van der Waals surface area contributed by atoms with Crippen LogP contribution in [0.3, 0.4) is 0 Å². The van der Waals surface area contributed by atoms with E-state index in [4.69, 9.17) is 4.74 Å². The minimum Gasteiger partial charge on any atom is -0.497 e. The predicted molar refractivity (Wildman–Crippen MR) is 95.5 cm³/mol. The summed E-state index contributed by atoms with van der Waals surface area (Å²) in [5.41, 5.74) is 0.406. The molecule has 0 aliphatic heterocycles. The minimum atomic E-state index is -0.773. The van der Waals surface area contributed by atoms with Crippen LogP contribution in [0.1, 0.15) is 0 Å². The standard InChI is InChI=1S/C19H15F2N3O3/c1-27-14-5-2-12(3-6-14)16-9-19(26)24(11-22-16)10-18(25)23-17-8-13(20)4-7-15(17)21/h2-9,11H,10H2,1H3,(H,23,25). The van der Waals surface area contributed by atoms with E-state index in [1.54, 1.807) is 31.4 Å². The van der Waals surface area contributed by atoms with Crippen molar-refractivity contribution in [2.75, 3.05) is 12.4 Å². The summed E-state index contributed by atoms with van der Waals surface area (Å²) in [7, 11) is 1.55. The highest BCUT2D eigenvalue weighted by molar-refractivity contribution is 5.90. The molecule has 27 heavy (non-hydrogen) atoms. The van der Waals surface area contributed by atoms with E-state index in [2.05, 4.69) is 10.3 Å². The summed E-state index contributed by atoms with van der Waals surface area (Å²) < 4.78 is 32.9. The van der Waals surface area contributed by atoms with E-state index < -0.39 is 23.1 Å². The average Bonchev–Trinajstić information content (AvgIpc) is 2.66. The predicted octanol–water partition coefficient (Wildman–Crippen LogP) is 2.84. The van der Waals surface area contributed by atoms with Crippen molar-refractivity contribution < 1.29 is 18.3 Å². The van der Waals surface area contributed by atoms with E-state index in [0.717, 1.165) is 22.8 Å². The Balaban J connectivity index is 1.74. The molecule has 2 aromatic carbocycles. The number of methoxy groups -OCH3 is 1. The second-order valence-electron chi connectivity index (χ2n) is 5.64. The smallest absolute Gasteiger partial charge is 0.254 e. The van der Waals surface area contributed by atoms with Crippen molar-refractivity contribution in [2.45, 2.75) is 6.54 Å². The minimum absolute atomic E-state index is 0.295. The summed E-state index contributed by atoms with van der Waals surface area (Å²) in [4.78, 5) is 28.4. The Kier molecular flexibility index (Phi) is 5.25. The number of anilines is 1. The number of carbonyl (C=O) groups is 1. The van der Waals surface area contributed by atoms with E-state index in [1.807, 2.05) is 0 Å². The number of hydrogen-bond donors (Lipinski definition) is 1. The molecular weight excluding hydrogens is 356 g/mol. The van der Waals surface area contributed by atoms with Gasteiger partial charge in [0.1, 0.15) is 23.9 Å². The molecule has 1 heterocycles. The number of nitrogens with one attached hydrogen (secondary N) is 1. The first-order valence-electron chi connectivity index (χ1n) is 7.92. The number of benzene rings is 2. The second kappa shape index (κ2) is 7.77. The van der Waals surface area contributed by atoms with Gasteiger partial charge in [-0.3, -0.25) is 14.2 Å². The number of aromatic nitrogens is 2. The molecule has 1 amide bonds. The zero-order valence-electron chi connectivity index (χ0n) is 14.3. The fourth-order valence-electron chi connectivity index (χ4n) is 2.40. The van der Waals surface area contributed by atoms with Gasteiger partial charge in [-0.15, -0.1) is 0 Å². The first-order chi connectivity index (χ1) is 13.0. The number of nitrogens with zero attached hydrogens (tertiary/aromatic N) is 2. The normalized spacial score (nSPS) is 10.5. The fraction of sp³-hybridized carbons (Fsp3) is 0.105. The van der Waals surface area contributed by atoms with Gasteiger partial charge in [0.25, 0.3) is 5.56 Å². The van der Waals surface area contributed by atoms with Crippen molar-refractivity contribution >= 4 is 11.6 Å². The summed E-state index contributed by atoms with van der Waals surface area (Å²) in [5.74, 6) is -1.46. The van der Waals surface area contributed by atoms with Gasteiger partial charge in [-0.1, -0.05) is 0 Å². The Labute approximate surface area is 153 Å². The number of hydrogen-bond acceptors (Lipinski definition) is 4. The lowest BCUT2D eigenvalue weighted by molar-refractivity contribution is -0.116. The van der Waals surface area contributed by atoms with Gasteiger partial charge in [0.2, 0.25) is 5.91 Å². The molecule has 0 saturated heterocycles. The molecule has 3 rings (SSSR count). The van der Waals surface area contributed by atoms with Crippen molar-refractivity contribution in [1.82, 2.24) is 9.55 Å². The van der Waals surface area contributed by atoms with Crippen LogP contribution in [0.4, 0.5) is 14.5 Å². The second-order valence-corrected chi connectivity index (χ2v) is 5.64. The van der Waals surface area contributed by atoms with Gasteiger partial charge in [0, 0.05) is 17.7 Å². The lowest BCUT2D eigenvalue weighted by atomic mass is 10.1. The summed E-state index contributed by atoms with van der Waals surface area (Å²) in [6, 6.07) is 11.0. The first kappa shape index (κ1) is 18.2. The third-order valence-corrected chi connectivity index (χ3v) is 3.78. The van der Waals surface area contributed by atoms with Crippen LogP contribution in [-0.4, -0.2) is 22.6 Å². The van der Waals surface area contributed by atoms with Crippen molar-refractivity contribution in [3.63, 3.8) is 0 Å². The van der Waals surface area contributed by atoms with Gasteiger partial charge in [0.05, 0.1) is 24.8 Å². The quantitative estimate of drug-likeness (QED) is 0.749. The van der Waals surface area contributed by atoms with Gasteiger partial charge >= 0.3 is 0 Å². The van der Waals surface area contributed by atoms with Crippen LogP contribution in [0.5, 0.6) is 5.75 Å². The van der Waals surface area contributed by atoms with Crippen molar-refractivity contribution in [3.05, 3.63) is 76.8 Å². The monoisotopic (exact) mass is 371 g/mol. The highest BCUT2D eigenvalue weighted by Crippen LogP contribution is 2.19. The summed E-state index contributed by atoms with van der Waals surface area (Å²) in [5, 5.41) is 2.23. The van der Waals surface area contributed by atoms with Crippen molar-refractivity contribution in [1.29, 1.82) is 0 Å². The van der Waals surface area contributed by atoms with Crippen molar-refractivity contribution in [3.8, 4) is 17.0 Å². The van der Waals surface area contributed by atoms with Gasteiger partial charge in [-0.2, -0.15) is 0 Å². The third-order valence-electron chi connectivity index (χ3n) is 3.78. The summed E-state index contributed by atoms with van der Waals surface area (Å²) in [6.45, 7) is -0.384. The van der Waals surface area contributed by atoms with E-state index in [1.165, 1.54) is 12.4 Å². The van der Waals surface area contributed by atoms with E-state index in [9.17, 15) is 18.4 Å². The molecule has 0 unspecified atom stereocenters. The molecular formula is C19H15F2N3O3. The van der Waals surface area contributed by atoms with Crippen LogP contribution in [0.25, 0.3) is 11.3 Å². The molecule has 138 valence electrons. The maximum Gasteiger partial charge on any atom is 0.254 e. The lowest BCUT2D eigenvalue weighted by Gasteiger charge is -2.09. The molecule has 0 atom stereocenters. The molecule has 1 N–H and O–H groups in total. The van der Waals surface area contributed by atoms with Crippen LogP contribution >= 0.6 is 0 Å². The Morgan fingerprint density at radius 1 is 1.15 bits per heavy atom. The Morgan fingerprint density at radius 3 is 2.56 bits per heavy atom. The van der Waals surface area contributed by atoms with E-state index in [-0.39, 0.29) is 12.2 Å². The molecule has 6 nitrogen and oxygen atoms in total. The largest absolute Gasteiger partial charge is 0.497 e. The van der Waals surface area contributed by atoms with Gasteiger partial charge < -0.3 is 10.1 Å². The Bertz CT molecular complexity index is 1030. The molecule has 8 heteroatoms. The molecule has 0 radical (unpaired) electrons. The maximum absolute atomic E-state index is 13.6. The maximum atomic E-state index is 13.6. The zero-order chi connectivity index (χ0) is 19.4. The van der Waals surface area contributed by atoms with Crippen LogP contribution in [0.2, 0.25) is 0 Å². The van der Waals surface area contributed by atoms with Crippen LogP contribution in [0.15, 0.2) is 59.7 Å². The van der Waals surface area contributed by atoms with Crippen molar-refractivity contribution in [2.24, 2.45) is 0 Å². The number of ether oxygens (including phenoxy) is 1. The first-order valence-corrected chi connectivity index (χ1v) is 7.92. The summed E-state index contributed by atoms with van der Waals surface area (Å²) >= 11 is 0.